The van der Waals surface area contributed by atoms with Crippen LogP contribution in [0.15, 0.2) is 47.5 Å². The lowest BCUT2D eigenvalue weighted by molar-refractivity contribution is -0.00834. The number of nitrogens with one attached hydrogen (secondary N) is 2. The van der Waals surface area contributed by atoms with Crippen LogP contribution in [0.3, 0.4) is 0 Å². The van der Waals surface area contributed by atoms with Crippen molar-refractivity contribution in [2.75, 3.05) is 39.2 Å². The number of carbonyl (C=O) groups is 1. The summed E-state index contributed by atoms with van der Waals surface area (Å²) in [6.45, 7) is 7.09. The summed E-state index contributed by atoms with van der Waals surface area (Å²) in [5.41, 5.74) is 5.53. The number of methoxy groups -OCH3 is 1. The van der Waals surface area contributed by atoms with Crippen molar-refractivity contribution in [1.29, 1.82) is 0 Å². The molecular formula is C23H30N4O3. The monoisotopic (exact) mass is 410 g/mol. The average Bonchev–Trinajstić information content (AvgIpc) is 2.75. The molecular weight excluding hydrogens is 380 g/mol. The Hall–Kier alpha value is -3.06. The Bertz CT molecular complexity index is 896. The third kappa shape index (κ3) is 5.51. The summed E-state index contributed by atoms with van der Waals surface area (Å²) in [6, 6.07) is 14.1. The van der Waals surface area contributed by atoms with Gasteiger partial charge in [-0.2, -0.15) is 0 Å². The number of carbonyl (C=O) groups excluding carboxylic acids is 1. The Morgan fingerprint density at radius 1 is 1.23 bits per heavy atom. The van der Waals surface area contributed by atoms with Gasteiger partial charge in [0, 0.05) is 25.8 Å². The third-order valence-electron chi connectivity index (χ3n) is 5.19. The van der Waals surface area contributed by atoms with E-state index in [0.29, 0.717) is 18.8 Å². The molecule has 1 saturated heterocycles. The van der Waals surface area contributed by atoms with Crippen LogP contribution in [0, 0.1) is 13.8 Å². The number of ether oxygens (including phenoxy) is 2. The Labute approximate surface area is 178 Å². The fraction of sp³-hybridized carbons (Fsp3) is 0.391. The molecule has 7 nitrogen and oxygen atoms in total. The number of hydrogen-bond acceptors (Lipinski definition) is 4. The molecule has 3 rings (SSSR count). The first-order chi connectivity index (χ1) is 14.5. The molecule has 1 atom stereocenters. The van der Waals surface area contributed by atoms with Gasteiger partial charge in [-0.25, -0.2) is 4.79 Å². The van der Waals surface area contributed by atoms with Crippen LogP contribution < -0.4 is 10.6 Å². The lowest BCUT2D eigenvalue weighted by Crippen LogP contribution is -2.48. The predicted molar refractivity (Wildman–Crippen MR) is 119 cm³/mol. The maximum atomic E-state index is 11.3. The summed E-state index contributed by atoms with van der Waals surface area (Å²) in [4.78, 5) is 18.0. The van der Waals surface area contributed by atoms with Crippen molar-refractivity contribution in [3.8, 4) is 0 Å². The molecule has 0 aliphatic carbocycles. The van der Waals surface area contributed by atoms with Gasteiger partial charge in [0.1, 0.15) is 6.10 Å². The van der Waals surface area contributed by atoms with Crippen LogP contribution in [0.4, 0.5) is 10.5 Å². The topological polar surface area (TPSA) is 75.2 Å². The highest BCUT2D eigenvalue weighted by atomic mass is 16.5. The van der Waals surface area contributed by atoms with E-state index in [2.05, 4.69) is 57.3 Å². The number of guanidine groups is 1. The number of anilines is 1. The standard InChI is InChI=1S/C23H30N4O3/c1-16-5-10-20(17(2)13-16)21-15-27(11-12-30-21)22(24-3)25-14-18-6-8-19(9-7-18)26-23(28)29-4/h5-10,13,21H,11-12,14-15H2,1-4H3,(H,24,25)(H,26,28). The molecule has 0 spiro atoms. The maximum Gasteiger partial charge on any atom is 0.411 e. The molecule has 1 fully saturated rings. The number of nitrogens with zero attached hydrogens (tertiary/aromatic N) is 2. The quantitative estimate of drug-likeness (QED) is 0.595. The zero-order valence-corrected chi connectivity index (χ0v) is 18.1. The minimum absolute atomic E-state index is 0.0292. The van der Waals surface area contributed by atoms with E-state index in [1.165, 1.54) is 23.8 Å². The van der Waals surface area contributed by atoms with E-state index in [1.807, 2.05) is 24.3 Å². The molecule has 1 heterocycles. The highest BCUT2D eigenvalue weighted by molar-refractivity contribution is 5.84. The molecule has 0 bridgehead atoms. The molecule has 1 amide bonds. The van der Waals surface area contributed by atoms with Gasteiger partial charge in [-0.05, 0) is 42.7 Å². The summed E-state index contributed by atoms with van der Waals surface area (Å²) < 4.78 is 10.7. The molecule has 2 N–H and O–H groups in total. The first-order valence-electron chi connectivity index (χ1n) is 10.1. The van der Waals surface area contributed by atoms with Crippen LogP contribution in [-0.4, -0.2) is 50.8 Å². The van der Waals surface area contributed by atoms with Crippen molar-refractivity contribution >= 4 is 17.7 Å². The van der Waals surface area contributed by atoms with Crippen molar-refractivity contribution in [2.24, 2.45) is 4.99 Å². The van der Waals surface area contributed by atoms with Gasteiger partial charge in [0.15, 0.2) is 5.96 Å². The highest BCUT2D eigenvalue weighted by Gasteiger charge is 2.25. The first-order valence-corrected chi connectivity index (χ1v) is 10.1. The van der Waals surface area contributed by atoms with Gasteiger partial charge in [-0.3, -0.25) is 10.3 Å². The van der Waals surface area contributed by atoms with Crippen LogP contribution >= 0.6 is 0 Å². The van der Waals surface area contributed by atoms with Gasteiger partial charge in [0.25, 0.3) is 0 Å². The van der Waals surface area contributed by atoms with E-state index in [9.17, 15) is 4.79 Å². The fourth-order valence-electron chi connectivity index (χ4n) is 3.60. The minimum atomic E-state index is -0.480. The molecule has 0 aromatic heterocycles. The largest absolute Gasteiger partial charge is 0.453 e. The van der Waals surface area contributed by atoms with Crippen molar-refractivity contribution in [3.05, 3.63) is 64.7 Å². The van der Waals surface area contributed by atoms with Crippen molar-refractivity contribution in [1.82, 2.24) is 10.2 Å². The number of aryl methyl sites for hydroxylation is 2. The molecule has 0 saturated carbocycles. The summed E-state index contributed by atoms with van der Waals surface area (Å²) in [5, 5.41) is 6.08. The zero-order chi connectivity index (χ0) is 21.5. The molecule has 160 valence electrons. The predicted octanol–water partition coefficient (Wildman–Crippen LogP) is 3.63. The van der Waals surface area contributed by atoms with Crippen molar-refractivity contribution in [2.45, 2.75) is 26.5 Å². The summed E-state index contributed by atoms with van der Waals surface area (Å²) in [6.07, 6.45) is -0.450. The van der Waals surface area contributed by atoms with E-state index < -0.39 is 6.09 Å². The second kappa shape index (κ2) is 10.1. The van der Waals surface area contributed by atoms with E-state index in [4.69, 9.17) is 4.74 Å². The zero-order valence-electron chi connectivity index (χ0n) is 18.1. The fourth-order valence-corrected chi connectivity index (χ4v) is 3.60. The second-order valence-electron chi connectivity index (χ2n) is 7.38. The van der Waals surface area contributed by atoms with Gasteiger partial charge in [-0.15, -0.1) is 0 Å². The Morgan fingerprint density at radius 2 is 2.00 bits per heavy atom. The van der Waals surface area contributed by atoms with E-state index >= 15 is 0 Å². The average molecular weight is 411 g/mol. The van der Waals surface area contributed by atoms with Crippen molar-refractivity contribution < 1.29 is 14.3 Å². The number of morpholine rings is 1. The van der Waals surface area contributed by atoms with E-state index in [-0.39, 0.29) is 6.10 Å². The Morgan fingerprint density at radius 3 is 2.67 bits per heavy atom. The molecule has 7 heteroatoms. The van der Waals surface area contributed by atoms with Crippen LogP contribution in [0.2, 0.25) is 0 Å². The normalized spacial score (nSPS) is 16.9. The van der Waals surface area contributed by atoms with Crippen LogP contribution in [0.1, 0.15) is 28.4 Å². The molecule has 1 unspecified atom stereocenters. The number of aliphatic imine (C=N–C) groups is 1. The minimum Gasteiger partial charge on any atom is -0.453 e. The molecule has 30 heavy (non-hydrogen) atoms. The maximum absolute atomic E-state index is 11.3. The summed E-state index contributed by atoms with van der Waals surface area (Å²) in [5.74, 6) is 0.852. The van der Waals surface area contributed by atoms with Crippen LogP contribution in [-0.2, 0) is 16.0 Å². The van der Waals surface area contributed by atoms with Crippen molar-refractivity contribution in [3.63, 3.8) is 0 Å². The smallest absolute Gasteiger partial charge is 0.411 e. The summed E-state index contributed by atoms with van der Waals surface area (Å²) in [7, 11) is 3.14. The highest BCUT2D eigenvalue weighted by Crippen LogP contribution is 2.26. The Balaban J connectivity index is 1.59. The molecule has 0 radical (unpaired) electrons. The lowest BCUT2D eigenvalue weighted by atomic mass is 10.00. The number of rotatable bonds is 4. The first kappa shape index (κ1) is 21.6. The SMILES string of the molecule is CN=C(NCc1ccc(NC(=O)OC)cc1)N1CCOC(c2ccc(C)cc2C)C1. The van der Waals surface area contributed by atoms with Gasteiger partial charge < -0.3 is 19.7 Å². The second-order valence-corrected chi connectivity index (χ2v) is 7.38. The Kier molecular flexibility index (Phi) is 7.30. The van der Waals surface area contributed by atoms with E-state index in [0.717, 1.165) is 24.6 Å². The number of amides is 1. The van der Waals surface area contributed by atoms with Gasteiger partial charge in [0.05, 0.1) is 20.3 Å². The third-order valence-corrected chi connectivity index (χ3v) is 5.19. The molecule has 2 aromatic rings. The van der Waals surface area contributed by atoms with Gasteiger partial charge >= 0.3 is 6.09 Å². The molecule has 2 aromatic carbocycles. The number of hydrogen-bond donors (Lipinski definition) is 2. The summed E-state index contributed by atoms with van der Waals surface area (Å²) >= 11 is 0. The van der Waals surface area contributed by atoms with E-state index in [1.54, 1.807) is 7.05 Å². The molecule has 1 aliphatic heterocycles. The lowest BCUT2D eigenvalue weighted by Gasteiger charge is -2.36. The van der Waals surface area contributed by atoms with Crippen LogP contribution in [0.5, 0.6) is 0 Å². The molecule has 1 aliphatic rings. The van der Waals surface area contributed by atoms with Crippen LogP contribution in [0.25, 0.3) is 0 Å². The van der Waals surface area contributed by atoms with Gasteiger partial charge in [-0.1, -0.05) is 35.9 Å². The number of benzene rings is 2. The van der Waals surface area contributed by atoms with Gasteiger partial charge in [0.2, 0.25) is 0 Å².